The van der Waals surface area contributed by atoms with Gasteiger partial charge < -0.3 is 10.2 Å². The molecule has 3 aromatic carbocycles. The van der Waals surface area contributed by atoms with Gasteiger partial charge in [0.05, 0.1) is 10.6 Å². The highest BCUT2D eigenvalue weighted by Gasteiger charge is 2.34. The number of rotatable bonds is 11. The summed E-state index contributed by atoms with van der Waals surface area (Å²) in [4.78, 5) is 28.7. The van der Waals surface area contributed by atoms with Crippen LogP contribution in [0.1, 0.15) is 42.5 Å². The maximum absolute atomic E-state index is 14.1. The first-order valence-electron chi connectivity index (χ1n) is 13.0. The molecule has 0 aliphatic heterocycles. The van der Waals surface area contributed by atoms with Crippen LogP contribution >= 0.6 is 11.6 Å². The first-order valence-corrected chi connectivity index (χ1v) is 14.8. The Morgan fingerprint density at radius 1 is 0.923 bits per heavy atom. The topological polar surface area (TPSA) is 86.8 Å². The molecule has 3 rings (SSSR count). The van der Waals surface area contributed by atoms with E-state index in [0.717, 1.165) is 21.0 Å². The summed E-state index contributed by atoms with van der Waals surface area (Å²) in [5.74, 6) is -0.778. The average molecular weight is 570 g/mol. The zero-order chi connectivity index (χ0) is 28.7. The van der Waals surface area contributed by atoms with E-state index >= 15 is 0 Å². The summed E-state index contributed by atoms with van der Waals surface area (Å²) in [6, 6.07) is 18.3. The number of hydrogen-bond acceptors (Lipinski definition) is 4. The summed E-state index contributed by atoms with van der Waals surface area (Å²) >= 11 is 6.28. The van der Waals surface area contributed by atoms with Crippen molar-refractivity contribution >= 4 is 39.1 Å². The molecule has 3 aromatic rings. The molecule has 0 aliphatic carbocycles. The molecular weight excluding hydrogens is 534 g/mol. The lowest BCUT2D eigenvalue weighted by Crippen LogP contribution is -2.52. The van der Waals surface area contributed by atoms with Crippen molar-refractivity contribution in [2.45, 2.75) is 58.5 Å². The number of nitrogens with zero attached hydrogens (tertiary/aromatic N) is 2. The molecule has 7 nitrogen and oxygen atoms in total. The summed E-state index contributed by atoms with van der Waals surface area (Å²) in [7, 11) is -4.16. The third-order valence-electron chi connectivity index (χ3n) is 6.67. The lowest BCUT2D eigenvalue weighted by Gasteiger charge is -2.34. The number of anilines is 1. The summed E-state index contributed by atoms with van der Waals surface area (Å²) < 4.78 is 29.1. The second-order valence-electron chi connectivity index (χ2n) is 9.52. The van der Waals surface area contributed by atoms with Gasteiger partial charge in [0.1, 0.15) is 12.6 Å². The molecule has 0 spiro atoms. The van der Waals surface area contributed by atoms with Crippen LogP contribution in [0.5, 0.6) is 0 Å². The largest absolute Gasteiger partial charge is 0.355 e. The highest BCUT2D eigenvalue weighted by molar-refractivity contribution is 7.92. The van der Waals surface area contributed by atoms with E-state index in [1.54, 1.807) is 37.3 Å². The Kier molecular flexibility index (Phi) is 10.2. The lowest BCUT2D eigenvalue weighted by molar-refractivity contribution is -0.140. The molecule has 208 valence electrons. The number of amides is 2. The number of carbonyl (C=O) groups is 2. The van der Waals surface area contributed by atoms with Gasteiger partial charge in [-0.25, -0.2) is 8.42 Å². The number of halogens is 1. The molecule has 0 saturated heterocycles. The van der Waals surface area contributed by atoms with Crippen molar-refractivity contribution in [3.63, 3.8) is 0 Å². The van der Waals surface area contributed by atoms with Crippen molar-refractivity contribution in [1.82, 2.24) is 10.2 Å². The van der Waals surface area contributed by atoms with Gasteiger partial charge in [-0.2, -0.15) is 0 Å². The normalized spacial score (nSPS) is 12.1. The number of hydrogen-bond donors (Lipinski definition) is 1. The molecule has 0 fully saturated rings. The third kappa shape index (κ3) is 7.19. The predicted octanol–water partition coefficient (Wildman–Crippen LogP) is 5.40. The van der Waals surface area contributed by atoms with Crippen molar-refractivity contribution < 1.29 is 18.0 Å². The predicted molar refractivity (Wildman–Crippen MR) is 156 cm³/mol. The average Bonchev–Trinajstić information content (AvgIpc) is 2.90. The molecule has 0 radical (unpaired) electrons. The fourth-order valence-corrected chi connectivity index (χ4v) is 6.02. The monoisotopic (exact) mass is 569 g/mol. The highest BCUT2D eigenvalue weighted by atomic mass is 35.5. The molecule has 0 saturated carbocycles. The van der Waals surface area contributed by atoms with Gasteiger partial charge in [-0.1, -0.05) is 66.6 Å². The van der Waals surface area contributed by atoms with Crippen molar-refractivity contribution in [2.24, 2.45) is 0 Å². The minimum absolute atomic E-state index is 0.0569. The summed E-state index contributed by atoms with van der Waals surface area (Å²) in [6.45, 7) is 9.30. The molecule has 1 N–H and O–H groups in total. The highest BCUT2D eigenvalue weighted by Crippen LogP contribution is 2.30. The van der Waals surface area contributed by atoms with E-state index in [1.807, 2.05) is 52.0 Å². The van der Waals surface area contributed by atoms with Gasteiger partial charge in [0.25, 0.3) is 10.0 Å². The van der Waals surface area contributed by atoms with Crippen LogP contribution in [0, 0.1) is 20.8 Å². The van der Waals surface area contributed by atoms with Crippen LogP contribution in [0.25, 0.3) is 0 Å². The second kappa shape index (κ2) is 13.1. The van der Waals surface area contributed by atoms with Crippen LogP contribution in [0.15, 0.2) is 71.6 Å². The molecular formula is C30H36ClN3O4S. The van der Waals surface area contributed by atoms with Crippen LogP contribution in [0.2, 0.25) is 5.02 Å². The van der Waals surface area contributed by atoms with Gasteiger partial charge in [-0.15, -0.1) is 0 Å². The van der Waals surface area contributed by atoms with Gasteiger partial charge in [0.2, 0.25) is 11.8 Å². The number of carbonyl (C=O) groups excluding carboxylic acids is 2. The van der Waals surface area contributed by atoms with E-state index < -0.39 is 28.5 Å². The smallest absolute Gasteiger partial charge is 0.264 e. The van der Waals surface area contributed by atoms with E-state index in [0.29, 0.717) is 29.2 Å². The maximum Gasteiger partial charge on any atom is 0.264 e. The van der Waals surface area contributed by atoms with Crippen molar-refractivity contribution in [3.05, 3.63) is 94.0 Å². The molecule has 39 heavy (non-hydrogen) atoms. The Bertz CT molecular complexity index is 1420. The number of aryl methyl sites for hydroxylation is 3. The first-order chi connectivity index (χ1) is 18.5. The van der Waals surface area contributed by atoms with E-state index in [4.69, 9.17) is 11.6 Å². The number of sulfonamides is 1. The third-order valence-corrected chi connectivity index (χ3v) is 8.68. The van der Waals surface area contributed by atoms with E-state index in [-0.39, 0.29) is 17.3 Å². The van der Waals surface area contributed by atoms with Crippen molar-refractivity contribution in [2.75, 3.05) is 17.4 Å². The zero-order valence-corrected chi connectivity index (χ0v) is 24.6. The van der Waals surface area contributed by atoms with Crippen LogP contribution in [-0.4, -0.2) is 44.3 Å². The summed E-state index contributed by atoms with van der Waals surface area (Å²) in [5, 5.41) is 3.16. The Morgan fingerprint density at radius 3 is 2.21 bits per heavy atom. The Labute approximate surface area is 236 Å². The van der Waals surface area contributed by atoms with Crippen LogP contribution < -0.4 is 9.62 Å². The number of likely N-dealkylation sites (N-methyl/N-ethyl adjacent to an activating group) is 1. The molecule has 0 aliphatic rings. The Balaban J connectivity index is 2.12. The molecule has 2 amide bonds. The standard InChI is InChI=1S/C30H36ClN3O4S/c1-6-27(30(36)32-7-2)33(19-24-11-9-8-10-22(24)4)29(35)20-34(28-18-25(31)15-14-23(28)5)39(37,38)26-16-12-21(3)13-17-26/h8-18,27H,6-7,19-20H2,1-5H3,(H,32,36)/t27-/m1/s1. The first kappa shape index (κ1) is 30.2. The molecule has 1 atom stereocenters. The molecule has 0 unspecified atom stereocenters. The number of nitrogens with one attached hydrogen (secondary N) is 1. The molecule has 0 aromatic heterocycles. The van der Waals surface area contributed by atoms with Crippen molar-refractivity contribution in [1.29, 1.82) is 0 Å². The number of benzene rings is 3. The fraction of sp³-hybridized carbons (Fsp3) is 0.333. The van der Waals surface area contributed by atoms with E-state index in [1.165, 1.54) is 17.0 Å². The van der Waals surface area contributed by atoms with E-state index in [2.05, 4.69) is 5.32 Å². The molecule has 0 bridgehead atoms. The van der Waals surface area contributed by atoms with Crippen LogP contribution in [0.4, 0.5) is 5.69 Å². The lowest BCUT2D eigenvalue weighted by atomic mass is 10.1. The second-order valence-corrected chi connectivity index (χ2v) is 11.8. The summed E-state index contributed by atoms with van der Waals surface area (Å²) in [6.07, 6.45) is 0.365. The quantitative estimate of drug-likeness (QED) is 0.335. The fourth-order valence-electron chi connectivity index (χ4n) is 4.38. The van der Waals surface area contributed by atoms with Crippen molar-refractivity contribution in [3.8, 4) is 0 Å². The maximum atomic E-state index is 14.1. The van der Waals surface area contributed by atoms with Crippen LogP contribution in [0.3, 0.4) is 0 Å². The summed E-state index contributed by atoms with van der Waals surface area (Å²) in [5.41, 5.74) is 3.70. The SMILES string of the molecule is CCNC(=O)[C@@H](CC)N(Cc1ccccc1C)C(=O)CN(c1cc(Cl)ccc1C)S(=O)(=O)c1ccc(C)cc1. The Hall–Kier alpha value is -3.36. The minimum Gasteiger partial charge on any atom is -0.355 e. The van der Waals surface area contributed by atoms with Crippen LogP contribution in [-0.2, 0) is 26.2 Å². The Morgan fingerprint density at radius 2 is 1.59 bits per heavy atom. The van der Waals surface area contributed by atoms with Gasteiger partial charge in [0, 0.05) is 18.1 Å². The van der Waals surface area contributed by atoms with Gasteiger partial charge in [-0.05, 0) is 75.1 Å². The molecule has 9 heteroatoms. The minimum atomic E-state index is -4.16. The molecule has 0 heterocycles. The van der Waals surface area contributed by atoms with Gasteiger partial charge >= 0.3 is 0 Å². The zero-order valence-electron chi connectivity index (χ0n) is 23.1. The van der Waals surface area contributed by atoms with Gasteiger partial charge in [0.15, 0.2) is 0 Å². The van der Waals surface area contributed by atoms with E-state index in [9.17, 15) is 18.0 Å². The van der Waals surface area contributed by atoms with Gasteiger partial charge in [-0.3, -0.25) is 13.9 Å².